The fourth-order valence-corrected chi connectivity index (χ4v) is 6.43. The van der Waals surface area contributed by atoms with Crippen LogP contribution in [0.15, 0.2) is 170 Å². The number of aliphatic hydroxyl groups is 2. The second-order valence-electron chi connectivity index (χ2n) is 13.2. The van der Waals surface area contributed by atoms with Crippen LogP contribution in [0.1, 0.15) is 33.4 Å². The van der Waals surface area contributed by atoms with Gasteiger partial charge in [0.05, 0.1) is 27.4 Å². The molecule has 0 fully saturated rings. The molecule has 2 N–H and O–H groups in total. The van der Waals surface area contributed by atoms with Gasteiger partial charge in [0.2, 0.25) is 0 Å². The molecule has 0 spiro atoms. The van der Waals surface area contributed by atoms with Gasteiger partial charge in [-0.05, 0) is 130 Å². The van der Waals surface area contributed by atoms with Gasteiger partial charge in [-0.3, -0.25) is 0 Å². The van der Waals surface area contributed by atoms with E-state index in [0.29, 0.717) is 0 Å². The molecule has 7 aromatic carbocycles. The summed E-state index contributed by atoms with van der Waals surface area (Å²) in [5.74, 6) is 1.63. The fourth-order valence-electron chi connectivity index (χ4n) is 6.43. The number of hydrogen-bond acceptors (Lipinski definition) is 6. The van der Waals surface area contributed by atoms with E-state index in [0.717, 1.165) is 79.0 Å². The van der Waals surface area contributed by atoms with E-state index in [2.05, 4.69) is 131 Å². The molecule has 6 heteroatoms. The van der Waals surface area contributed by atoms with Crippen molar-refractivity contribution in [1.29, 1.82) is 0 Å². The molecule has 0 atom stereocenters. The summed E-state index contributed by atoms with van der Waals surface area (Å²) in [6.07, 6.45) is 8.50. The van der Waals surface area contributed by atoms with E-state index in [1.807, 2.05) is 72.8 Å². The molecule has 0 bridgehead atoms. The van der Waals surface area contributed by atoms with Crippen LogP contribution in [-0.4, -0.2) is 24.4 Å². The molecule has 0 heterocycles. The standard InChI is InChI=1S/C50H44N2O4/c1-55-49-31-27-47(28-32-49)52(48-29-33-50(56-2)34-30-48)44-21-13-40(14-22-44)10-8-38-5-3-37(4-6-38)7-9-39-11-19-43(20-12-39)51(45-23-15-41(35-53)16-24-45)46-25-17-42(36-54)18-26-46/h3-34,53-54H,35-36H2,1-2H3. The molecule has 0 aliphatic carbocycles. The molecular formula is C50H44N2O4. The van der Waals surface area contributed by atoms with Gasteiger partial charge in [0.25, 0.3) is 0 Å². The lowest BCUT2D eigenvalue weighted by molar-refractivity contribution is 0.281. The molecule has 6 nitrogen and oxygen atoms in total. The highest BCUT2D eigenvalue weighted by atomic mass is 16.5. The van der Waals surface area contributed by atoms with Crippen LogP contribution in [0.3, 0.4) is 0 Å². The van der Waals surface area contributed by atoms with Crippen molar-refractivity contribution in [2.75, 3.05) is 24.0 Å². The summed E-state index contributed by atoms with van der Waals surface area (Å²) >= 11 is 0. The van der Waals surface area contributed by atoms with Crippen LogP contribution >= 0.6 is 0 Å². The van der Waals surface area contributed by atoms with Gasteiger partial charge >= 0.3 is 0 Å². The minimum atomic E-state index is -0.000227. The maximum Gasteiger partial charge on any atom is 0.119 e. The lowest BCUT2D eigenvalue weighted by atomic mass is 10.1. The van der Waals surface area contributed by atoms with E-state index in [1.54, 1.807) is 14.2 Å². The SMILES string of the molecule is COc1ccc(N(c2ccc(C=Cc3ccc(C=Cc4ccc(N(c5ccc(CO)cc5)c5ccc(CO)cc5)cc4)cc3)cc2)c2ccc(OC)cc2)cc1. The molecule has 56 heavy (non-hydrogen) atoms. The second-order valence-corrected chi connectivity index (χ2v) is 13.2. The Morgan fingerprint density at radius 1 is 0.339 bits per heavy atom. The van der Waals surface area contributed by atoms with Crippen molar-refractivity contribution in [2.45, 2.75) is 13.2 Å². The lowest BCUT2D eigenvalue weighted by Gasteiger charge is -2.26. The van der Waals surface area contributed by atoms with Gasteiger partial charge in [0, 0.05) is 34.1 Å². The van der Waals surface area contributed by atoms with Gasteiger partial charge in [0.1, 0.15) is 11.5 Å². The summed E-state index contributed by atoms with van der Waals surface area (Å²) in [5.41, 5.74) is 12.2. The molecule has 0 saturated heterocycles. The van der Waals surface area contributed by atoms with Gasteiger partial charge < -0.3 is 29.5 Å². The topological polar surface area (TPSA) is 65.4 Å². The Bertz CT molecular complexity index is 2080. The lowest BCUT2D eigenvalue weighted by Crippen LogP contribution is -2.10. The van der Waals surface area contributed by atoms with E-state index < -0.39 is 0 Å². The Balaban J connectivity index is 1.02. The number of aliphatic hydroxyl groups excluding tert-OH is 2. The van der Waals surface area contributed by atoms with Crippen LogP contribution < -0.4 is 19.3 Å². The first-order valence-corrected chi connectivity index (χ1v) is 18.5. The van der Waals surface area contributed by atoms with Crippen molar-refractivity contribution >= 4 is 58.4 Å². The van der Waals surface area contributed by atoms with Crippen molar-refractivity contribution in [2.24, 2.45) is 0 Å². The number of methoxy groups -OCH3 is 2. The molecule has 0 radical (unpaired) electrons. The summed E-state index contributed by atoms with van der Waals surface area (Å²) in [6, 6.07) is 57.4. The third kappa shape index (κ3) is 9.08. The minimum Gasteiger partial charge on any atom is -0.497 e. The average molecular weight is 737 g/mol. The van der Waals surface area contributed by atoms with Crippen molar-refractivity contribution in [3.8, 4) is 11.5 Å². The van der Waals surface area contributed by atoms with Crippen LogP contribution in [0, 0.1) is 0 Å². The molecule has 0 saturated carbocycles. The molecule has 0 aliphatic heterocycles. The summed E-state index contributed by atoms with van der Waals surface area (Å²) in [6.45, 7) is -0.000453. The minimum absolute atomic E-state index is 0.000227. The highest BCUT2D eigenvalue weighted by Crippen LogP contribution is 2.37. The quantitative estimate of drug-likeness (QED) is 0.108. The maximum absolute atomic E-state index is 9.55. The Morgan fingerprint density at radius 2 is 0.554 bits per heavy atom. The Morgan fingerprint density at radius 3 is 0.786 bits per heavy atom. The van der Waals surface area contributed by atoms with Crippen molar-refractivity contribution in [3.63, 3.8) is 0 Å². The highest BCUT2D eigenvalue weighted by Gasteiger charge is 2.14. The van der Waals surface area contributed by atoms with Crippen LogP contribution in [0.4, 0.5) is 34.1 Å². The summed E-state index contributed by atoms with van der Waals surface area (Å²) in [7, 11) is 3.35. The third-order valence-electron chi connectivity index (χ3n) is 9.59. The van der Waals surface area contributed by atoms with Crippen LogP contribution in [0.25, 0.3) is 24.3 Å². The summed E-state index contributed by atoms with van der Waals surface area (Å²) in [4.78, 5) is 4.37. The molecule has 7 rings (SSSR count). The summed E-state index contributed by atoms with van der Waals surface area (Å²) < 4.78 is 10.8. The summed E-state index contributed by atoms with van der Waals surface area (Å²) in [5, 5.41) is 19.1. The third-order valence-corrected chi connectivity index (χ3v) is 9.59. The Kier molecular flexibility index (Phi) is 12.0. The zero-order chi connectivity index (χ0) is 38.7. The first-order valence-electron chi connectivity index (χ1n) is 18.5. The predicted molar refractivity (Wildman–Crippen MR) is 231 cm³/mol. The van der Waals surface area contributed by atoms with Crippen molar-refractivity contribution < 1.29 is 19.7 Å². The average Bonchev–Trinajstić information content (AvgIpc) is 3.27. The van der Waals surface area contributed by atoms with Crippen molar-refractivity contribution in [3.05, 3.63) is 203 Å². The van der Waals surface area contributed by atoms with Crippen LogP contribution in [0.5, 0.6) is 11.5 Å². The number of nitrogens with zero attached hydrogens (tertiary/aromatic N) is 2. The van der Waals surface area contributed by atoms with Crippen molar-refractivity contribution in [1.82, 2.24) is 0 Å². The molecule has 7 aromatic rings. The van der Waals surface area contributed by atoms with E-state index in [4.69, 9.17) is 9.47 Å². The van der Waals surface area contributed by atoms with Gasteiger partial charge in [-0.2, -0.15) is 0 Å². The predicted octanol–water partition coefficient (Wildman–Crippen LogP) is 12.0. The number of rotatable bonds is 14. The molecule has 0 amide bonds. The van der Waals surface area contributed by atoms with Crippen LogP contribution in [0.2, 0.25) is 0 Å². The smallest absolute Gasteiger partial charge is 0.119 e. The normalized spacial score (nSPS) is 11.2. The van der Waals surface area contributed by atoms with E-state index in [9.17, 15) is 10.2 Å². The van der Waals surface area contributed by atoms with E-state index in [1.165, 1.54) is 0 Å². The zero-order valence-electron chi connectivity index (χ0n) is 31.5. The number of anilines is 6. The zero-order valence-corrected chi connectivity index (χ0v) is 31.5. The first-order chi connectivity index (χ1) is 27.5. The Labute approximate surface area is 329 Å². The highest BCUT2D eigenvalue weighted by molar-refractivity contribution is 5.80. The molecule has 278 valence electrons. The van der Waals surface area contributed by atoms with Gasteiger partial charge in [-0.1, -0.05) is 97.1 Å². The van der Waals surface area contributed by atoms with Gasteiger partial charge in [-0.15, -0.1) is 0 Å². The fraction of sp³-hybridized carbons (Fsp3) is 0.0800. The first kappa shape index (κ1) is 37.5. The Hall–Kier alpha value is -6.86. The largest absolute Gasteiger partial charge is 0.497 e. The van der Waals surface area contributed by atoms with Gasteiger partial charge in [0.15, 0.2) is 0 Å². The van der Waals surface area contributed by atoms with Gasteiger partial charge in [-0.25, -0.2) is 0 Å². The monoisotopic (exact) mass is 736 g/mol. The van der Waals surface area contributed by atoms with E-state index >= 15 is 0 Å². The molecule has 0 aromatic heterocycles. The number of hydrogen-bond donors (Lipinski definition) is 2. The molecule has 0 aliphatic rings. The number of benzene rings is 7. The van der Waals surface area contributed by atoms with E-state index in [-0.39, 0.29) is 13.2 Å². The van der Waals surface area contributed by atoms with Crippen LogP contribution in [-0.2, 0) is 13.2 Å². The maximum atomic E-state index is 9.55. The second kappa shape index (κ2) is 18.0. The molecular weight excluding hydrogens is 693 g/mol. The molecule has 0 unspecified atom stereocenters. The number of ether oxygens (including phenoxy) is 2.